The minimum Gasteiger partial charge on any atom is -0.219 e. The molecule has 0 aliphatic heterocycles. The number of hydrogen-bond donors (Lipinski definition) is 0. The minimum atomic E-state index is -1.19. The summed E-state index contributed by atoms with van der Waals surface area (Å²) in [4.78, 5) is -0.914. The molecule has 0 fully saturated rings. The summed E-state index contributed by atoms with van der Waals surface area (Å²) in [6, 6.07) is 6.25. The van der Waals surface area contributed by atoms with Gasteiger partial charge in [-0.2, -0.15) is 15.3 Å². The van der Waals surface area contributed by atoms with Crippen LogP contribution in [-0.2, 0) is 5.79 Å². The van der Waals surface area contributed by atoms with E-state index >= 15 is 0 Å². The SMILES string of the molecule is Cc1cc(C(C)C)nn1C(C(Cl)Cl)(n1nc(C(C)C)cc1C)n1nc(C(C)C)cc1C. The fourth-order valence-corrected chi connectivity index (χ4v) is 4.44. The first-order chi connectivity index (χ1) is 14.4. The lowest BCUT2D eigenvalue weighted by molar-refractivity contribution is 0.122. The number of alkyl halides is 2. The second-order valence-corrected chi connectivity index (χ2v) is 10.4. The predicted molar refractivity (Wildman–Crippen MR) is 127 cm³/mol. The summed E-state index contributed by atoms with van der Waals surface area (Å²) < 4.78 is 5.67. The molecule has 0 atom stereocenters. The highest BCUT2D eigenvalue weighted by Crippen LogP contribution is 2.37. The largest absolute Gasteiger partial charge is 0.280 e. The highest BCUT2D eigenvalue weighted by atomic mass is 35.5. The van der Waals surface area contributed by atoms with Gasteiger partial charge >= 0.3 is 0 Å². The molecular formula is C23H34Cl2N6. The van der Waals surface area contributed by atoms with Gasteiger partial charge in [0.2, 0.25) is 0 Å². The van der Waals surface area contributed by atoms with Gasteiger partial charge in [0.1, 0.15) is 0 Å². The van der Waals surface area contributed by atoms with Crippen molar-refractivity contribution < 1.29 is 0 Å². The van der Waals surface area contributed by atoms with Gasteiger partial charge < -0.3 is 0 Å². The normalized spacial score (nSPS) is 12.9. The minimum absolute atomic E-state index is 0.261. The van der Waals surface area contributed by atoms with Crippen LogP contribution in [0.15, 0.2) is 18.2 Å². The van der Waals surface area contributed by atoms with Gasteiger partial charge in [-0.05, 0) is 56.7 Å². The average Bonchev–Trinajstić information content (AvgIpc) is 3.35. The molecule has 0 saturated heterocycles. The number of aryl methyl sites for hydroxylation is 3. The second kappa shape index (κ2) is 8.62. The molecule has 0 unspecified atom stereocenters. The first-order valence-corrected chi connectivity index (χ1v) is 11.8. The van der Waals surface area contributed by atoms with Crippen molar-refractivity contribution in [2.24, 2.45) is 0 Å². The summed E-state index contributed by atoms with van der Waals surface area (Å²) >= 11 is 13.7. The molecule has 0 aliphatic rings. The van der Waals surface area contributed by atoms with Crippen molar-refractivity contribution in [2.75, 3.05) is 0 Å². The molecule has 3 heterocycles. The lowest BCUT2D eigenvalue weighted by Crippen LogP contribution is -2.56. The zero-order valence-electron chi connectivity index (χ0n) is 20.0. The Balaban J connectivity index is 2.45. The van der Waals surface area contributed by atoms with Gasteiger partial charge in [-0.3, -0.25) is 0 Å². The van der Waals surface area contributed by atoms with Gasteiger partial charge in [0.25, 0.3) is 5.79 Å². The second-order valence-electron chi connectivity index (χ2n) is 9.32. The van der Waals surface area contributed by atoms with Crippen LogP contribution >= 0.6 is 23.2 Å². The molecule has 8 heteroatoms. The van der Waals surface area contributed by atoms with Crippen LogP contribution < -0.4 is 0 Å². The molecule has 0 amide bonds. The topological polar surface area (TPSA) is 53.5 Å². The lowest BCUT2D eigenvalue weighted by Gasteiger charge is -2.38. The van der Waals surface area contributed by atoms with E-state index in [0.717, 1.165) is 34.2 Å². The van der Waals surface area contributed by atoms with Gasteiger partial charge in [0.05, 0.1) is 17.1 Å². The summed E-state index contributed by atoms with van der Waals surface area (Å²) in [7, 11) is 0. The summed E-state index contributed by atoms with van der Waals surface area (Å²) in [5.41, 5.74) is 5.74. The molecule has 0 bridgehead atoms. The van der Waals surface area contributed by atoms with Crippen LogP contribution in [0.5, 0.6) is 0 Å². The monoisotopic (exact) mass is 464 g/mol. The Kier molecular flexibility index (Phi) is 6.64. The number of aromatic nitrogens is 6. The number of hydrogen-bond acceptors (Lipinski definition) is 3. The van der Waals surface area contributed by atoms with E-state index in [4.69, 9.17) is 38.5 Å². The highest BCUT2D eigenvalue weighted by molar-refractivity contribution is 6.45. The van der Waals surface area contributed by atoms with Crippen molar-refractivity contribution in [2.45, 2.75) is 90.7 Å². The van der Waals surface area contributed by atoms with Gasteiger partial charge in [-0.1, -0.05) is 64.7 Å². The van der Waals surface area contributed by atoms with Gasteiger partial charge in [-0.25, -0.2) is 14.0 Å². The van der Waals surface area contributed by atoms with Crippen molar-refractivity contribution in [1.82, 2.24) is 29.3 Å². The smallest absolute Gasteiger partial charge is 0.219 e. The van der Waals surface area contributed by atoms with Crippen LogP contribution in [0.4, 0.5) is 0 Å². The van der Waals surface area contributed by atoms with Crippen molar-refractivity contribution in [3.05, 3.63) is 52.4 Å². The number of nitrogens with zero attached hydrogens (tertiary/aromatic N) is 6. The summed E-state index contributed by atoms with van der Waals surface area (Å²) in [6.45, 7) is 18.8. The van der Waals surface area contributed by atoms with Gasteiger partial charge in [0.15, 0.2) is 4.84 Å². The van der Waals surface area contributed by atoms with Crippen LogP contribution in [0.25, 0.3) is 0 Å². The number of rotatable bonds is 7. The van der Waals surface area contributed by atoms with E-state index in [2.05, 4.69) is 59.7 Å². The first kappa shape index (κ1) is 23.9. The van der Waals surface area contributed by atoms with Crippen LogP contribution in [0.2, 0.25) is 0 Å². The molecule has 31 heavy (non-hydrogen) atoms. The average molecular weight is 465 g/mol. The Hall–Kier alpha value is -1.79. The zero-order valence-corrected chi connectivity index (χ0v) is 21.5. The van der Waals surface area contributed by atoms with E-state index < -0.39 is 10.6 Å². The van der Waals surface area contributed by atoms with E-state index in [1.54, 1.807) is 0 Å². The summed E-state index contributed by atoms with van der Waals surface area (Å²) in [5, 5.41) is 14.9. The quantitative estimate of drug-likeness (QED) is 0.397. The van der Waals surface area contributed by atoms with E-state index in [-0.39, 0.29) is 17.8 Å². The third-order valence-electron chi connectivity index (χ3n) is 5.72. The fourth-order valence-electron chi connectivity index (χ4n) is 3.89. The van der Waals surface area contributed by atoms with E-state index in [9.17, 15) is 0 Å². The molecule has 0 aliphatic carbocycles. The van der Waals surface area contributed by atoms with Crippen LogP contribution in [0, 0.1) is 20.8 Å². The Morgan fingerprint density at radius 2 is 0.871 bits per heavy atom. The zero-order chi connectivity index (χ0) is 23.2. The van der Waals surface area contributed by atoms with Crippen LogP contribution in [0.3, 0.4) is 0 Å². The van der Waals surface area contributed by atoms with E-state index in [1.807, 2.05) is 34.8 Å². The van der Waals surface area contributed by atoms with Crippen molar-refractivity contribution >= 4 is 23.2 Å². The fraction of sp³-hybridized carbons (Fsp3) is 0.609. The molecule has 3 rings (SSSR count). The van der Waals surface area contributed by atoms with Crippen LogP contribution in [-0.4, -0.2) is 34.2 Å². The van der Waals surface area contributed by atoms with Crippen LogP contribution in [0.1, 0.15) is 93.5 Å². The maximum atomic E-state index is 6.87. The maximum absolute atomic E-state index is 6.87. The Morgan fingerprint density at radius 3 is 1.03 bits per heavy atom. The van der Waals surface area contributed by atoms with Crippen molar-refractivity contribution in [3.8, 4) is 0 Å². The van der Waals surface area contributed by atoms with E-state index in [1.165, 1.54) is 0 Å². The molecule has 0 spiro atoms. The molecule has 3 aromatic rings. The number of halogens is 2. The summed E-state index contributed by atoms with van der Waals surface area (Å²) in [6.07, 6.45) is 0. The molecule has 0 aromatic carbocycles. The third kappa shape index (κ3) is 3.93. The molecular weight excluding hydrogens is 431 g/mol. The third-order valence-corrected chi connectivity index (χ3v) is 6.31. The van der Waals surface area contributed by atoms with Gasteiger partial charge in [-0.15, -0.1) is 0 Å². The first-order valence-electron chi connectivity index (χ1n) is 10.9. The Labute approximate surface area is 195 Å². The molecule has 0 N–H and O–H groups in total. The Morgan fingerprint density at radius 1 is 0.613 bits per heavy atom. The van der Waals surface area contributed by atoms with Gasteiger partial charge in [0, 0.05) is 17.1 Å². The molecule has 170 valence electrons. The standard InChI is InChI=1S/C23H34Cl2N6/c1-13(2)19-10-16(7)29(26-19)23(22(24)25,30-17(8)11-20(27-30)14(3)4)31-18(9)12-21(28-31)15(5)6/h10-15,22H,1-9H3. The van der Waals surface area contributed by atoms with Crippen molar-refractivity contribution in [3.63, 3.8) is 0 Å². The highest BCUT2D eigenvalue weighted by Gasteiger charge is 2.49. The lowest BCUT2D eigenvalue weighted by atomic mass is 10.1. The molecule has 0 radical (unpaired) electrons. The molecule has 0 saturated carbocycles. The summed E-state index contributed by atoms with van der Waals surface area (Å²) in [5.74, 6) is -0.403. The Bertz CT molecular complexity index is 928. The molecule has 3 aromatic heterocycles. The molecule has 6 nitrogen and oxygen atoms in total. The predicted octanol–water partition coefficient (Wildman–Crippen LogP) is 6.08. The maximum Gasteiger partial charge on any atom is 0.280 e. The van der Waals surface area contributed by atoms with E-state index in [0.29, 0.717) is 0 Å². The van der Waals surface area contributed by atoms with Crippen molar-refractivity contribution in [1.29, 1.82) is 0 Å².